The van der Waals surface area contributed by atoms with Gasteiger partial charge >= 0.3 is 11.9 Å². The fourth-order valence-corrected chi connectivity index (χ4v) is 1.76. The Balaban J connectivity index is 2.70. The van der Waals surface area contributed by atoms with Crippen LogP contribution in [0.5, 0.6) is 0 Å². The maximum Gasteiger partial charge on any atom is 0.326 e. The van der Waals surface area contributed by atoms with Gasteiger partial charge in [-0.15, -0.1) is 0 Å². The topological polar surface area (TPSA) is 117 Å². The van der Waals surface area contributed by atoms with E-state index in [0.717, 1.165) is 0 Å². The fraction of sp³-hybridized carbons (Fsp3) is 0.364. The monoisotopic (exact) mass is 287 g/mol. The smallest absolute Gasteiger partial charge is 0.326 e. The van der Waals surface area contributed by atoms with Crippen molar-refractivity contribution in [2.75, 3.05) is 6.26 Å². The van der Waals surface area contributed by atoms with Gasteiger partial charge < -0.3 is 19.9 Å². The summed E-state index contributed by atoms with van der Waals surface area (Å²) >= 11 is 1.51. The van der Waals surface area contributed by atoms with Crippen molar-refractivity contribution in [2.45, 2.75) is 18.2 Å². The van der Waals surface area contributed by atoms with E-state index in [9.17, 15) is 14.4 Å². The molecule has 1 aromatic rings. The first-order valence-electron chi connectivity index (χ1n) is 5.27. The lowest BCUT2D eigenvalue weighted by molar-refractivity contribution is -0.145. The third-order valence-corrected chi connectivity index (χ3v) is 2.73. The van der Waals surface area contributed by atoms with E-state index in [1.165, 1.54) is 17.8 Å². The Morgan fingerprint density at radius 3 is 2.58 bits per heavy atom. The minimum absolute atomic E-state index is 0.0410. The van der Waals surface area contributed by atoms with Crippen LogP contribution in [0.25, 0.3) is 0 Å². The largest absolute Gasteiger partial charge is 0.481 e. The van der Waals surface area contributed by atoms with Crippen molar-refractivity contribution in [3.05, 3.63) is 23.7 Å². The molecule has 104 valence electrons. The van der Waals surface area contributed by atoms with E-state index in [0.29, 0.717) is 11.5 Å². The number of carboxylic acid groups (broad SMARTS) is 2. The van der Waals surface area contributed by atoms with Gasteiger partial charge in [-0.25, -0.2) is 4.79 Å². The fourth-order valence-electron chi connectivity index (χ4n) is 1.32. The number of carbonyl (C=O) groups is 3. The van der Waals surface area contributed by atoms with Crippen LogP contribution in [-0.2, 0) is 15.3 Å². The summed E-state index contributed by atoms with van der Waals surface area (Å²) in [4.78, 5) is 33.0. The Bertz CT molecular complexity index is 483. The number of furan rings is 1. The zero-order valence-corrected chi connectivity index (χ0v) is 10.9. The molecule has 0 bridgehead atoms. The molecule has 1 aromatic heterocycles. The quantitative estimate of drug-likeness (QED) is 0.679. The Labute approximate surface area is 113 Å². The van der Waals surface area contributed by atoms with Crippen molar-refractivity contribution in [2.24, 2.45) is 0 Å². The number of carboxylic acids is 2. The van der Waals surface area contributed by atoms with E-state index < -0.39 is 30.3 Å². The Morgan fingerprint density at radius 1 is 1.37 bits per heavy atom. The minimum atomic E-state index is -1.49. The van der Waals surface area contributed by atoms with Gasteiger partial charge in [0.15, 0.2) is 5.76 Å². The summed E-state index contributed by atoms with van der Waals surface area (Å²) < 4.78 is 5.20. The van der Waals surface area contributed by atoms with Crippen LogP contribution < -0.4 is 5.32 Å². The lowest BCUT2D eigenvalue weighted by Crippen LogP contribution is -2.42. The van der Waals surface area contributed by atoms with Crippen LogP contribution in [0.15, 0.2) is 16.5 Å². The van der Waals surface area contributed by atoms with Gasteiger partial charge in [0.25, 0.3) is 5.91 Å². The van der Waals surface area contributed by atoms with Gasteiger partial charge in [0.05, 0.1) is 12.2 Å². The van der Waals surface area contributed by atoms with Crippen LogP contribution in [0, 0.1) is 0 Å². The standard InChI is InChI=1S/C11H13NO6S/c1-19-5-6-2-3-8(18-6)10(15)12-7(11(16)17)4-9(13)14/h2-3,7H,4-5H2,1H3,(H,12,15)(H,13,14)(H,16,17)/t7-/m1/s1. The molecule has 0 aliphatic carbocycles. The normalized spacial score (nSPS) is 11.8. The zero-order chi connectivity index (χ0) is 14.4. The predicted molar refractivity (Wildman–Crippen MR) is 67.1 cm³/mol. The molecular weight excluding hydrogens is 274 g/mol. The number of hydrogen-bond donors (Lipinski definition) is 3. The second-order valence-corrected chi connectivity index (χ2v) is 4.53. The first-order valence-corrected chi connectivity index (χ1v) is 6.66. The number of nitrogens with one attached hydrogen (secondary N) is 1. The molecule has 1 amide bonds. The van der Waals surface area contributed by atoms with Gasteiger partial charge in [-0.1, -0.05) is 0 Å². The van der Waals surface area contributed by atoms with Crippen LogP contribution in [0.2, 0.25) is 0 Å². The molecule has 0 aliphatic heterocycles. The molecule has 0 fully saturated rings. The third-order valence-electron chi connectivity index (χ3n) is 2.15. The molecule has 19 heavy (non-hydrogen) atoms. The van der Waals surface area contributed by atoms with Gasteiger partial charge in [-0.2, -0.15) is 11.8 Å². The molecule has 0 saturated carbocycles. The predicted octanol–water partition coefficient (Wildman–Crippen LogP) is 0.800. The van der Waals surface area contributed by atoms with Gasteiger partial charge in [0.1, 0.15) is 11.8 Å². The van der Waals surface area contributed by atoms with E-state index in [1.54, 1.807) is 6.07 Å². The van der Waals surface area contributed by atoms with Crippen molar-refractivity contribution < 1.29 is 29.0 Å². The van der Waals surface area contributed by atoms with Crippen LogP contribution >= 0.6 is 11.8 Å². The molecule has 8 heteroatoms. The van der Waals surface area contributed by atoms with E-state index in [2.05, 4.69) is 5.32 Å². The average Bonchev–Trinajstić information content (AvgIpc) is 2.76. The number of thioether (sulfide) groups is 1. The van der Waals surface area contributed by atoms with Crippen molar-refractivity contribution in [3.8, 4) is 0 Å². The molecule has 1 atom stereocenters. The molecule has 3 N–H and O–H groups in total. The number of carbonyl (C=O) groups excluding carboxylic acids is 1. The molecule has 0 aromatic carbocycles. The third kappa shape index (κ3) is 4.66. The molecule has 0 radical (unpaired) electrons. The van der Waals surface area contributed by atoms with Gasteiger partial charge in [-0.05, 0) is 18.4 Å². The Morgan fingerprint density at radius 2 is 2.05 bits per heavy atom. The molecule has 1 heterocycles. The second kappa shape index (κ2) is 6.83. The number of rotatable bonds is 7. The Kier molecular flexibility index (Phi) is 5.43. The highest BCUT2D eigenvalue weighted by Crippen LogP contribution is 2.13. The average molecular weight is 287 g/mol. The highest BCUT2D eigenvalue weighted by molar-refractivity contribution is 7.97. The number of aliphatic carboxylic acids is 2. The van der Waals surface area contributed by atoms with E-state index in [-0.39, 0.29) is 5.76 Å². The van der Waals surface area contributed by atoms with Crippen molar-refractivity contribution >= 4 is 29.6 Å². The van der Waals surface area contributed by atoms with Crippen molar-refractivity contribution in [1.82, 2.24) is 5.32 Å². The molecule has 0 spiro atoms. The van der Waals surface area contributed by atoms with Crippen LogP contribution in [0.4, 0.5) is 0 Å². The molecular formula is C11H13NO6S. The summed E-state index contributed by atoms with van der Waals surface area (Å²) in [6, 6.07) is 1.54. The molecule has 0 unspecified atom stereocenters. The van der Waals surface area contributed by atoms with Crippen LogP contribution in [0.3, 0.4) is 0 Å². The highest BCUT2D eigenvalue weighted by atomic mass is 32.2. The van der Waals surface area contributed by atoms with E-state index >= 15 is 0 Å². The summed E-state index contributed by atoms with van der Waals surface area (Å²) in [6.45, 7) is 0. The lowest BCUT2D eigenvalue weighted by Gasteiger charge is -2.10. The minimum Gasteiger partial charge on any atom is -0.481 e. The number of hydrogen-bond acceptors (Lipinski definition) is 5. The van der Waals surface area contributed by atoms with Gasteiger partial charge in [0.2, 0.25) is 0 Å². The summed E-state index contributed by atoms with van der Waals surface area (Å²) in [5, 5.41) is 19.4. The zero-order valence-electron chi connectivity index (χ0n) is 10.1. The SMILES string of the molecule is CSCc1ccc(C(=O)N[C@H](CC(=O)O)C(=O)O)o1. The van der Waals surface area contributed by atoms with Crippen molar-refractivity contribution in [1.29, 1.82) is 0 Å². The molecule has 0 aliphatic rings. The Hall–Kier alpha value is -1.96. The van der Waals surface area contributed by atoms with Gasteiger partial charge in [-0.3, -0.25) is 9.59 Å². The molecule has 7 nitrogen and oxygen atoms in total. The second-order valence-electron chi connectivity index (χ2n) is 3.66. The first kappa shape index (κ1) is 15.1. The molecule has 0 saturated heterocycles. The van der Waals surface area contributed by atoms with Crippen LogP contribution in [0.1, 0.15) is 22.7 Å². The maximum atomic E-state index is 11.7. The lowest BCUT2D eigenvalue weighted by atomic mass is 10.2. The van der Waals surface area contributed by atoms with E-state index in [1.807, 2.05) is 6.26 Å². The highest BCUT2D eigenvalue weighted by Gasteiger charge is 2.24. The van der Waals surface area contributed by atoms with E-state index in [4.69, 9.17) is 14.6 Å². The first-order chi connectivity index (χ1) is 8.93. The van der Waals surface area contributed by atoms with Crippen molar-refractivity contribution in [3.63, 3.8) is 0 Å². The molecule has 1 rings (SSSR count). The summed E-state index contributed by atoms with van der Waals surface area (Å²) in [6.07, 6.45) is 1.18. The summed E-state index contributed by atoms with van der Waals surface area (Å²) in [5.41, 5.74) is 0. The summed E-state index contributed by atoms with van der Waals surface area (Å²) in [7, 11) is 0. The maximum absolute atomic E-state index is 11.7. The summed E-state index contributed by atoms with van der Waals surface area (Å²) in [5.74, 6) is -2.34. The van der Waals surface area contributed by atoms with Crippen LogP contribution in [-0.4, -0.2) is 40.4 Å². The number of amides is 1. The van der Waals surface area contributed by atoms with Gasteiger partial charge in [0, 0.05) is 0 Å².